The number of amides is 1. The highest BCUT2D eigenvalue weighted by Crippen LogP contribution is 2.42. The van der Waals surface area contributed by atoms with Crippen LogP contribution in [0.2, 0.25) is 0 Å². The van der Waals surface area contributed by atoms with Gasteiger partial charge in [0.15, 0.2) is 11.4 Å². The molecule has 1 aromatic heterocycles. The number of ether oxygens (including phenoxy) is 1. The van der Waals surface area contributed by atoms with Crippen molar-refractivity contribution in [1.29, 1.82) is 0 Å². The monoisotopic (exact) mass is 392 g/mol. The SMILES string of the molecule is COc1ccc2cc(C(=O)Nc3ccc(C4(N)CC4)cc3)c(=O)oc2c1C(C)=O. The molecule has 0 unspecified atom stereocenters. The number of methoxy groups -OCH3 is 1. The van der Waals surface area contributed by atoms with Gasteiger partial charge in [0, 0.05) is 16.6 Å². The number of hydrogen-bond donors (Lipinski definition) is 2. The fourth-order valence-electron chi connectivity index (χ4n) is 3.34. The molecule has 7 nitrogen and oxygen atoms in total. The molecule has 0 saturated heterocycles. The summed E-state index contributed by atoms with van der Waals surface area (Å²) in [5, 5.41) is 3.14. The Morgan fingerprint density at radius 2 is 1.83 bits per heavy atom. The van der Waals surface area contributed by atoms with Crippen LogP contribution in [-0.2, 0) is 5.54 Å². The number of nitrogens with two attached hydrogens (primary N) is 1. The molecule has 148 valence electrons. The van der Waals surface area contributed by atoms with Gasteiger partial charge in [-0.1, -0.05) is 12.1 Å². The molecule has 0 spiro atoms. The molecule has 4 rings (SSSR count). The molecule has 3 aromatic rings. The first kappa shape index (κ1) is 18.9. The molecule has 1 aliphatic carbocycles. The Morgan fingerprint density at radius 3 is 2.41 bits per heavy atom. The van der Waals surface area contributed by atoms with E-state index in [-0.39, 0.29) is 28.0 Å². The third-order valence-corrected chi connectivity index (χ3v) is 5.19. The van der Waals surface area contributed by atoms with Crippen LogP contribution < -0.4 is 21.4 Å². The molecule has 1 heterocycles. The van der Waals surface area contributed by atoms with E-state index in [0.29, 0.717) is 16.8 Å². The highest BCUT2D eigenvalue weighted by molar-refractivity contribution is 6.09. The van der Waals surface area contributed by atoms with Crippen LogP contribution in [0.5, 0.6) is 5.75 Å². The molecule has 1 amide bonds. The van der Waals surface area contributed by atoms with Crippen LogP contribution in [0.1, 0.15) is 46.0 Å². The fourth-order valence-corrected chi connectivity index (χ4v) is 3.34. The molecule has 0 atom stereocenters. The van der Waals surface area contributed by atoms with E-state index in [1.807, 2.05) is 12.1 Å². The van der Waals surface area contributed by atoms with Crippen LogP contribution in [0.4, 0.5) is 5.69 Å². The summed E-state index contributed by atoms with van der Waals surface area (Å²) < 4.78 is 10.5. The van der Waals surface area contributed by atoms with Crippen LogP contribution in [-0.4, -0.2) is 18.8 Å². The molecule has 0 radical (unpaired) electrons. The minimum Gasteiger partial charge on any atom is -0.496 e. The summed E-state index contributed by atoms with van der Waals surface area (Å²) in [7, 11) is 1.43. The van der Waals surface area contributed by atoms with Gasteiger partial charge in [0.25, 0.3) is 5.91 Å². The second-order valence-electron chi connectivity index (χ2n) is 7.25. The second-order valence-corrected chi connectivity index (χ2v) is 7.25. The molecule has 1 saturated carbocycles. The summed E-state index contributed by atoms with van der Waals surface area (Å²) in [6, 6.07) is 11.9. The number of fused-ring (bicyclic) bond motifs is 1. The fraction of sp³-hybridized carbons (Fsp3) is 0.227. The van der Waals surface area contributed by atoms with Gasteiger partial charge in [-0.15, -0.1) is 0 Å². The molecule has 0 aliphatic heterocycles. The Hall–Kier alpha value is -3.45. The van der Waals surface area contributed by atoms with E-state index in [2.05, 4.69) is 5.32 Å². The topological polar surface area (TPSA) is 112 Å². The minimum atomic E-state index is -0.832. The predicted molar refractivity (Wildman–Crippen MR) is 109 cm³/mol. The van der Waals surface area contributed by atoms with Gasteiger partial charge in [-0.2, -0.15) is 0 Å². The maximum Gasteiger partial charge on any atom is 0.349 e. The van der Waals surface area contributed by atoms with Crippen LogP contribution in [0.3, 0.4) is 0 Å². The van der Waals surface area contributed by atoms with Gasteiger partial charge in [-0.25, -0.2) is 4.79 Å². The van der Waals surface area contributed by atoms with E-state index in [1.54, 1.807) is 24.3 Å². The van der Waals surface area contributed by atoms with Gasteiger partial charge in [-0.05, 0) is 55.7 Å². The van der Waals surface area contributed by atoms with Crippen molar-refractivity contribution in [3.05, 3.63) is 69.6 Å². The Balaban J connectivity index is 1.66. The zero-order chi connectivity index (χ0) is 20.8. The average molecular weight is 392 g/mol. The lowest BCUT2D eigenvalue weighted by Gasteiger charge is -2.11. The van der Waals surface area contributed by atoms with Crippen molar-refractivity contribution < 1.29 is 18.7 Å². The van der Waals surface area contributed by atoms with E-state index in [9.17, 15) is 14.4 Å². The van der Waals surface area contributed by atoms with Crippen molar-refractivity contribution in [2.75, 3.05) is 12.4 Å². The normalized spacial score (nSPS) is 14.4. The predicted octanol–water partition coefficient (Wildman–Crippen LogP) is 3.20. The van der Waals surface area contributed by atoms with Crippen molar-refractivity contribution in [2.45, 2.75) is 25.3 Å². The number of hydrogen-bond acceptors (Lipinski definition) is 6. The lowest BCUT2D eigenvalue weighted by molar-refractivity contribution is 0.101. The van der Waals surface area contributed by atoms with Gasteiger partial charge in [0.2, 0.25) is 0 Å². The van der Waals surface area contributed by atoms with E-state index < -0.39 is 11.5 Å². The van der Waals surface area contributed by atoms with Crippen molar-refractivity contribution in [3.8, 4) is 5.75 Å². The quantitative estimate of drug-likeness (QED) is 0.509. The Kier molecular flexibility index (Phi) is 4.47. The van der Waals surface area contributed by atoms with Crippen molar-refractivity contribution >= 4 is 28.3 Å². The van der Waals surface area contributed by atoms with Crippen molar-refractivity contribution in [1.82, 2.24) is 0 Å². The molecule has 2 aromatic carbocycles. The first-order chi connectivity index (χ1) is 13.8. The average Bonchev–Trinajstić information content (AvgIpc) is 3.45. The maximum atomic E-state index is 12.6. The zero-order valence-electron chi connectivity index (χ0n) is 16.1. The van der Waals surface area contributed by atoms with Gasteiger partial charge < -0.3 is 20.2 Å². The Morgan fingerprint density at radius 1 is 1.14 bits per heavy atom. The van der Waals surface area contributed by atoms with E-state index >= 15 is 0 Å². The number of Topliss-reactive ketones (excluding diaryl/α,β-unsaturated/α-hetero) is 1. The number of carbonyl (C=O) groups is 2. The number of anilines is 1. The molecular weight excluding hydrogens is 372 g/mol. The molecule has 0 bridgehead atoms. The number of ketones is 1. The summed E-state index contributed by atoms with van der Waals surface area (Å²) in [5.41, 5.74) is 6.75. The smallest absolute Gasteiger partial charge is 0.349 e. The highest BCUT2D eigenvalue weighted by Gasteiger charge is 2.39. The molecule has 1 aliphatic rings. The number of carbonyl (C=O) groups excluding carboxylic acids is 2. The van der Waals surface area contributed by atoms with Gasteiger partial charge in [-0.3, -0.25) is 9.59 Å². The van der Waals surface area contributed by atoms with Crippen LogP contribution in [0.15, 0.2) is 51.7 Å². The highest BCUT2D eigenvalue weighted by atomic mass is 16.5. The number of benzene rings is 2. The Labute approximate surface area is 166 Å². The van der Waals surface area contributed by atoms with Crippen LogP contribution >= 0.6 is 0 Å². The van der Waals surface area contributed by atoms with Crippen LogP contribution in [0.25, 0.3) is 11.0 Å². The van der Waals surface area contributed by atoms with Crippen LogP contribution in [0, 0.1) is 0 Å². The summed E-state index contributed by atoms with van der Waals surface area (Å²) in [6.07, 6.45) is 1.90. The zero-order valence-corrected chi connectivity index (χ0v) is 16.1. The summed E-state index contributed by atoms with van der Waals surface area (Å²) in [6.45, 7) is 1.36. The van der Waals surface area contributed by atoms with Gasteiger partial charge >= 0.3 is 5.63 Å². The molecular formula is C22H20N2O5. The van der Waals surface area contributed by atoms with Crippen molar-refractivity contribution in [3.63, 3.8) is 0 Å². The van der Waals surface area contributed by atoms with Gasteiger partial charge in [0.05, 0.1) is 7.11 Å². The third kappa shape index (κ3) is 3.40. The number of nitrogens with one attached hydrogen (secondary N) is 1. The standard InChI is InChI=1S/C22H20N2O5/c1-12(25)18-17(28-2)8-3-13-11-16(21(27)29-19(13)18)20(26)24-15-6-4-14(5-7-15)22(23)9-10-22/h3-8,11H,9-10,23H2,1-2H3,(H,24,26). The lowest BCUT2D eigenvalue weighted by atomic mass is 10.0. The van der Waals surface area contributed by atoms with E-state index in [4.69, 9.17) is 14.9 Å². The number of rotatable bonds is 5. The van der Waals surface area contributed by atoms with Crippen molar-refractivity contribution in [2.24, 2.45) is 5.73 Å². The van der Waals surface area contributed by atoms with Gasteiger partial charge in [0.1, 0.15) is 16.9 Å². The molecule has 7 heteroatoms. The lowest BCUT2D eigenvalue weighted by Crippen LogP contribution is -2.21. The first-order valence-corrected chi connectivity index (χ1v) is 9.19. The first-order valence-electron chi connectivity index (χ1n) is 9.19. The summed E-state index contributed by atoms with van der Waals surface area (Å²) >= 11 is 0. The maximum absolute atomic E-state index is 12.6. The largest absolute Gasteiger partial charge is 0.496 e. The molecule has 1 fully saturated rings. The Bertz CT molecular complexity index is 1190. The van der Waals surface area contributed by atoms with E-state index in [0.717, 1.165) is 18.4 Å². The summed E-state index contributed by atoms with van der Waals surface area (Å²) in [4.78, 5) is 37.0. The third-order valence-electron chi connectivity index (χ3n) is 5.19. The minimum absolute atomic E-state index is 0.0976. The molecule has 29 heavy (non-hydrogen) atoms. The summed E-state index contributed by atoms with van der Waals surface area (Å²) in [5.74, 6) is -0.595. The molecule has 3 N–H and O–H groups in total. The van der Waals surface area contributed by atoms with E-state index in [1.165, 1.54) is 20.1 Å². The second kappa shape index (κ2) is 6.86.